The van der Waals surface area contributed by atoms with Gasteiger partial charge in [-0.15, -0.1) is 0 Å². The Hall–Kier alpha value is -4.99. The van der Waals surface area contributed by atoms with Gasteiger partial charge in [-0.05, 0) is 30.3 Å². The molecule has 35 heavy (non-hydrogen) atoms. The van der Waals surface area contributed by atoms with Gasteiger partial charge in [0.1, 0.15) is 18.0 Å². The molecule has 2 aromatic carbocycles. The van der Waals surface area contributed by atoms with Crippen LogP contribution in [0.1, 0.15) is 26.5 Å². The normalized spacial score (nSPS) is 10.9. The number of hydrazine groups is 1. The molecule has 10 heteroatoms. The van der Waals surface area contributed by atoms with E-state index in [4.69, 9.17) is 4.74 Å². The van der Waals surface area contributed by atoms with Gasteiger partial charge in [0.25, 0.3) is 17.4 Å². The molecule has 3 heterocycles. The summed E-state index contributed by atoms with van der Waals surface area (Å²) < 4.78 is 8.82. The van der Waals surface area contributed by atoms with Crippen molar-refractivity contribution in [2.75, 3.05) is 0 Å². The predicted molar refractivity (Wildman–Crippen MR) is 128 cm³/mol. The number of fused-ring (bicyclic) bond motifs is 2. The molecule has 2 amide bonds. The number of carbonyl (C=O) groups excluding carboxylic acids is 2. The molecule has 0 atom stereocenters. The zero-order valence-corrected chi connectivity index (χ0v) is 18.6. The van der Waals surface area contributed by atoms with Gasteiger partial charge in [0.05, 0.1) is 16.6 Å². The Morgan fingerprint density at radius 2 is 1.63 bits per heavy atom. The summed E-state index contributed by atoms with van der Waals surface area (Å²) in [7, 11) is 1.46. The SMILES string of the molecule is Cn1nc(C(=O)NNC(=O)c2ccccc2OCc2cn3ccccc3n2)c2ccccc2c1=O. The highest BCUT2D eigenvalue weighted by Crippen LogP contribution is 2.19. The number of para-hydroxylation sites is 1. The number of ether oxygens (including phenoxy) is 1. The topological polar surface area (TPSA) is 120 Å². The van der Waals surface area contributed by atoms with E-state index in [0.717, 1.165) is 10.3 Å². The van der Waals surface area contributed by atoms with Crippen molar-refractivity contribution in [2.45, 2.75) is 6.61 Å². The van der Waals surface area contributed by atoms with Crippen molar-refractivity contribution in [3.8, 4) is 5.75 Å². The monoisotopic (exact) mass is 468 g/mol. The fourth-order valence-corrected chi connectivity index (χ4v) is 3.70. The zero-order chi connectivity index (χ0) is 24.4. The van der Waals surface area contributed by atoms with Crippen molar-refractivity contribution >= 4 is 28.2 Å². The largest absolute Gasteiger partial charge is 0.486 e. The predicted octanol–water partition coefficient (Wildman–Crippen LogP) is 2.23. The van der Waals surface area contributed by atoms with Crippen molar-refractivity contribution in [1.29, 1.82) is 0 Å². The summed E-state index contributed by atoms with van der Waals surface area (Å²) in [6.45, 7) is 0.159. The van der Waals surface area contributed by atoms with E-state index < -0.39 is 11.8 Å². The van der Waals surface area contributed by atoms with Gasteiger partial charge in [0.2, 0.25) is 0 Å². The Kier molecular flexibility index (Phi) is 5.68. The number of aryl methyl sites for hydroxylation is 1. The number of amides is 2. The number of rotatable bonds is 5. The van der Waals surface area contributed by atoms with E-state index in [2.05, 4.69) is 20.9 Å². The van der Waals surface area contributed by atoms with Gasteiger partial charge in [-0.25, -0.2) is 9.67 Å². The fourth-order valence-electron chi connectivity index (χ4n) is 3.70. The lowest BCUT2D eigenvalue weighted by Crippen LogP contribution is -2.42. The Labute approximate surface area is 198 Å². The van der Waals surface area contributed by atoms with Crippen LogP contribution >= 0.6 is 0 Å². The summed E-state index contributed by atoms with van der Waals surface area (Å²) in [5, 5.41) is 4.80. The van der Waals surface area contributed by atoms with E-state index in [9.17, 15) is 14.4 Å². The molecule has 0 saturated heterocycles. The summed E-state index contributed by atoms with van der Waals surface area (Å²) in [6.07, 6.45) is 3.74. The second kappa shape index (κ2) is 9.10. The van der Waals surface area contributed by atoms with Gasteiger partial charge < -0.3 is 9.14 Å². The Balaban J connectivity index is 1.30. The van der Waals surface area contributed by atoms with E-state index >= 15 is 0 Å². The Morgan fingerprint density at radius 3 is 2.46 bits per heavy atom. The zero-order valence-electron chi connectivity index (χ0n) is 18.6. The van der Waals surface area contributed by atoms with Crippen molar-refractivity contribution in [1.82, 2.24) is 30.0 Å². The van der Waals surface area contributed by atoms with Crippen LogP contribution in [0.5, 0.6) is 5.75 Å². The second-order valence-corrected chi connectivity index (χ2v) is 7.71. The van der Waals surface area contributed by atoms with Gasteiger partial charge >= 0.3 is 0 Å². The minimum atomic E-state index is -0.659. The lowest BCUT2D eigenvalue weighted by atomic mass is 10.1. The average Bonchev–Trinajstić information content (AvgIpc) is 3.31. The maximum absolute atomic E-state index is 12.8. The molecule has 0 bridgehead atoms. The molecule has 5 aromatic rings. The first-order valence-electron chi connectivity index (χ1n) is 10.7. The van der Waals surface area contributed by atoms with Crippen molar-refractivity contribution in [2.24, 2.45) is 7.05 Å². The van der Waals surface area contributed by atoms with Gasteiger partial charge in [0, 0.05) is 24.8 Å². The lowest BCUT2D eigenvalue weighted by molar-refractivity contribution is 0.0841. The van der Waals surface area contributed by atoms with E-state index in [1.807, 2.05) is 35.0 Å². The first-order chi connectivity index (χ1) is 17.0. The van der Waals surface area contributed by atoms with Crippen LogP contribution in [0.4, 0.5) is 0 Å². The van der Waals surface area contributed by atoms with Crippen LogP contribution < -0.4 is 21.1 Å². The third-order valence-electron chi connectivity index (χ3n) is 5.38. The molecular formula is C25H20N6O4. The van der Waals surface area contributed by atoms with Gasteiger partial charge in [0.15, 0.2) is 5.69 Å². The van der Waals surface area contributed by atoms with Crippen LogP contribution in [0.25, 0.3) is 16.4 Å². The number of pyridine rings is 1. The molecule has 5 rings (SSSR count). The minimum absolute atomic E-state index is 0.0133. The first kappa shape index (κ1) is 21.8. The quantitative estimate of drug-likeness (QED) is 0.382. The highest BCUT2D eigenvalue weighted by Gasteiger charge is 2.18. The van der Waals surface area contributed by atoms with Gasteiger partial charge in [-0.2, -0.15) is 5.10 Å². The van der Waals surface area contributed by atoms with Gasteiger partial charge in [-0.1, -0.05) is 36.4 Å². The third-order valence-corrected chi connectivity index (χ3v) is 5.38. The number of benzene rings is 2. The molecule has 0 aliphatic carbocycles. The molecule has 0 fully saturated rings. The summed E-state index contributed by atoms with van der Waals surface area (Å²) in [6, 6.07) is 19.0. The van der Waals surface area contributed by atoms with Crippen LogP contribution in [-0.4, -0.2) is 31.0 Å². The minimum Gasteiger partial charge on any atom is -0.486 e. The van der Waals surface area contributed by atoms with Crippen molar-refractivity contribution in [3.63, 3.8) is 0 Å². The smallest absolute Gasteiger partial charge is 0.290 e. The lowest BCUT2D eigenvalue weighted by Gasteiger charge is -2.12. The van der Waals surface area contributed by atoms with Crippen LogP contribution in [0.2, 0.25) is 0 Å². The van der Waals surface area contributed by atoms with Crippen LogP contribution in [0.3, 0.4) is 0 Å². The molecule has 0 saturated carbocycles. The number of nitrogens with one attached hydrogen (secondary N) is 2. The number of hydrogen-bond donors (Lipinski definition) is 2. The first-order valence-corrected chi connectivity index (χ1v) is 10.7. The molecule has 0 aliphatic rings. The number of nitrogens with zero attached hydrogens (tertiary/aromatic N) is 4. The Morgan fingerprint density at radius 1 is 0.914 bits per heavy atom. The van der Waals surface area contributed by atoms with Crippen LogP contribution in [0.15, 0.2) is 83.9 Å². The molecule has 0 unspecified atom stereocenters. The number of carbonyl (C=O) groups is 2. The second-order valence-electron chi connectivity index (χ2n) is 7.71. The maximum atomic E-state index is 12.8. The number of imidazole rings is 1. The van der Waals surface area contributed by atoms with E-state index in [1.165, 1.54) is 7.05 Å². The molecular weight excluding hydrogens is 448 g/mol. The molecule has 0 radical (unpaired) electrons. The third kappa shape index (κ3) is 4.32. The molecule has 0 spiro atoms. The van der Waals surface area contributed by atoms with Crippen molar-refractivity contribution < 1.29 is 14.3 Å². The van der Waals surface area contributed by atoms with E-state index in [-0.39, 0.29) is 23.4 Å². The standard InChI is InChI=1S/C25H20N6O4/c1-30-25(34)18-9-3-2-8-17(18)22(29-30)24(33)28-27-23(32)19-10-4-5-11-20(19)35-15-16-14-31-13-7-6-12-21(31)26-16/h2-14H,15H2,1H3,(H,27,32)(H,28,33). The molecule has 3 aromatic heterocycles. The average molecular weight is 468 g/mol. The number of aromatic nitrogens is 4. The molecule has 174 valence electrons. The Bertz CT molecular complexity index is 1610. The number of hydrogen-bond acceptors (Lipinski definition) is 6. The highest BCUT2D eigenvalue weighted by molar-refractivity contribution is 6.06. The summed E-state index contributed by atoms with van der Waals surface area (Å²) in [5.41, 5.74) is 6.17. The van der Waals surface area contributed by atoms with E-state index in [0.29, 0.717) is 22.2 Å². The summed E-state index contributed by atoms with van der Waals surface area (Å²) >= 11 is 0. The van der Waals surface area contributed by atoms with Gasteiger partial charge in [-0.3, -0.25) is 25.2 Å². The summed E-state index contributed by atoms with van der Waals surface area (Å²) in [5.74, 6) is -0.895. The highest BCUT2D eigenvalue weighted by atomic mass is 16.5. The summed E-state index contributed by atoms with van der Waals surface area (Å²) in [4.78, 5) is 42.4. The fraction of sp³-hybridized carbons (Fsp3) is 0.0800. The molecule has 0 aliphatic heterocycles. The van der Waals surface area contributed by atoms with Crippen LogP contribution in [-0.2, 0) is 13.7 Å². The van der Waals surface area contributed by atoms with E-state index in [1.54, 1.807) is 48.5 Å². The van der Waals surface area contributed by atoms with Crippen molar-refractivity contribution in [3.05, 3.63) is 106 Å². The van der Waals surface area contributed by atoms with Crippen LogP contribution in [0, 0.1) is 0 Å². The molecule has 10 nitrogen and oxygen atoms in total. The molecule has 2 N–H and O–H groups in total. The maximum Gasteiger partial charge on any atom is 0.290 e.